The molecule has 1 saturated heterocycles. The van der Waals surface area contributed by atoms with Crippen molar-refractivity contribution in [2.24, 2.45) is 5.92 Å². The summed E-state index contributed by atoms with van der Waals surface area (Å²) in [6.07, 6.45) is 1.70. The maximum atomic E-state index is 14.5. The Morgan fingerprint density at radius 1 is 0.911 bits per heavy atom. The van der Waals surface area contributed by atoms with Crippen LogP contribution in [0, 0.1) is 5.92 Å². The number of pyridine rings is 1. The van der Waals surface area contributed by atoms with Gasteiger partial charge >= 0.3 is 12.1 Å². The molecule has 5 rings (SSSR count). The maximum Gasteiger partial charge on any atom is 0.407 e. The van der Waals surface area contributed by atoms with Crippen molar-refractivity contribution in [3.05, 3.63) is 114 Å². The van der Waals surface area contributed by atoms with Gasteiger partial charge in [-0.05, 0) is 47.6 Å². The summed E-state index contributed by atoms with van der Waals surface area (Å²) in [5.41, 5.74) is 6.39. The van der Waals surface area contributed by atoms with Gasteiger partial charge in [-0.3, -0.25) is 24.9 Å². The highest BCUT2D eigenvalue weighted by Gasteiger charge is 2.41. The summed E-state index contributed by atoms with van der Waals surface area (Å²) < 4.78 is 0. The van der Waals surface area contributed by atoms with Gasteiger partial charge in [0, 0.05) is 50.9 Å². The lowest BCUT2D eigenvalue weighted by Crippen LogP contribution is -2.58. The molecule has 0 aliphatic carbocycles. The van der Waals surface area contributed by atoms with Gasteiger partial charge in [0.2, 0.25) is 5.91 Å². The second kappa shape index (κ2) is 20.4. The van der Waals surface area contributed by atoms with Crippen LogP contribution >= 0.6 is 0 Å². The number of rotatable bonds is 20. The third kappa shape index (κ3) is 11.3. The van der Waals surface area contributed by atoms with Crippen LogP contribution in [0.1, 0.15) is 56.7 Å². The molecule has 298 valence electrons. The molecule has 1 aromatic heterocycles. The molecule has 4 atom stereocenters. The minimum Gasteiger partial charge on any atom is -0.465 e. The number of nitrogens with zero attached hydrogens (tertiary/aromatic N) is 5. The first-order chi connectivity index (χ1) is 27.1. The predicted octanol–water partition coefficient (Wildman–Crippen LogP) is 5.29. The van der Waals surface area contributed by atoms with Gasteiger partial charge in [-0.15, -0.1) is 0 Å². The van der Waals surface area contributed by atoms with Gasteiger partial charge in [0.05, 0.1) is 17.7 Å². The first kappa shape index (κ1) is 41.6. The predicted molar refractivity (Wildman–Crippen MR) is 215 cm³/mol. The molecule has 4 aromatic rings. The molecule has 1 aliphatic heterocycles. The highest BCUT2D eigenvalue weighted by molar-refractivity contribution is 5.89. The number of fused-ring (bicyclic) bond motifs is 1. The van der Waals surface area contributed by atoms with Crippen molar-refractivity contribution < 1.29 is 29.4 Å². The number of aliphatic hydroxyl groups excluding tert-OH is 1. The van der Waals surface area contributed by atoms with Gasteiger partial charge in [-0.25, -0.2) is 14.6 Å². The van der Waals surface area contributed by atoms with Crippen LogP contribution < -0.4 is 10.7 Å². The van der Waals surface area contributed by atoms with E-state index in [0.717, 1.165) is 38.9 Å². The monoisotopic (exact) mass is 765 g/mol. The highest BCUT2D eigenvalue weighted by Crippen LogP contribution is 2.25. The van der Waals surface area contributed by atoms with E-state index in [2.05, 4.69) is 15.7 Å². The normalized spacial score (nSPS) is 15.1. The molecule has 1 aliphatic rings. The van der Waals surface area contributed by atoms with Crippen molar-refractivity contribution in [3.63, 3.8) is 0 Å². The topological polar surface area (TPSA) is 159 Å². The number of aliphatic hydroxyl groups is 1. The summed E-state index contributed by atoms with van der Waals surface area (Å²) >= 11 is 0. The van der Waals surface area contributed by atoms with E-state index in [1.165, 1.54) is 0 Å². The standard InChI is InChI=1S/C43H55N7O6/c1-4-6-23-48(43(55)56)30-39(52)46-49(27-33-17-11-8-12-18-33)29-38(51)37(26-32-15-9-7-10-16-32)45-41(53)40(31(3)5-2)50-25-24-47(42(50)54)28-34-21-22-44-36-20-14-13-19-35(34)36/h7-22,31,37-38,40,51H,4-6,23-30H2,1-3H3,(H,45,53)(H,46,52)(H,55,56)/t31-,37-,38-,40-/m0/s1. The Morgan fingerprint density at radius 3 is 2.27 bits per heavy atom. The Balaban J connectivity index is 1.35. The van der Waals surface area contributed by atoms with Crippen LogP contribution in [0.3, 0.4) is 0 Å². The molecule has 1 fully saturated rings. The number of unbranched alkanes of at least 4 members (excludes halogenated alkanes) is 1. The van der Waals surface area contributed by atoms with Crippen LogP contribution in [0.2, 0.25) is 0 Å². The summed E-state index contributed by atoms with van der Waals surface area (Å²) in [6, 6.07) is 26.8. The largest absolute Gasteiger partial charge is 0.465 e. The zero-order valence-corrected chi connectivity index (χ0v) is 32.6. The molecule has 5 amide bonds. The first-order valence-electron chi connectivity index (χ1n) is 19.5. The average Bonchev–Trinajstić information content (AvgIpc) is 3.55. The molecular weight excluding hydrogens is 711 g/mol. The van der Waals surface area contributed by atoms with Gasteiger partial charge in [0.15, 0.2) is 0 Å². The first-order valence-corrected chi connectivity index (χ1v) is 19.5. The number of carbonyl (C=O) groups excluding carboxylic acids is 3. The van der Waals surface area contributed by atoms with Gasteiger partial charge in [-0.2, -0.15) is 0 Å². The molecule has 0 radical (unpaired) electrons. The van der Waals surface area contributed by atoms with E-state index >= 15 is 0 Å². The number of aromatic nitrogens is 1. The average molecular weight is 766 g/mol. The number of hydrogen-bond donors (Lipinski definition) is 4. The zero-order chi connectivity index (χ0) is 40.0. The van der Waals surface area contributed by atoms with Crippen molar-refractivity contribution in [1.82, 2.24) is 35.4 Å². The van der Waals surface area contributed by atoms with Crippen LogP contribution in [-0.2, 0) is 29.1 Å². The molecular formula is C43H55N7O6. The van der Waals surface area contributed by atoms with Crippen molar-refractivity contribution in [2.75, 3.05) is 32.7 Å². The van der Waals surface area contributed by atoms with Crippen molar-refractivity contribution in [1.29, 1.82) is 0 Å². The zero-order valence-electron chi connectivity index (χ0n) is 32.6. The fraction of sp³-hybridized carbons (Fsp3) is 0.419. The molecule has 0 bridgehead atoms. The smallest absolute Gasteiger partial charge is 0.407 e. The molecule has 56 heavy (non-hydrogen) atoms. The molecule has 13 heteroatoms. The number of carboxylic acid groups (broad SMARTS) is 1. The van der Waals surface area contributed by atoms with Crippen molar-refractivity contribution in [3.8, 4) is 0 Å². The molecule has 13 nitrogen and oxygen atoms in total. The maximum absolute atomic E-state index is 14.5. The SMILES string of the molecule is CCCCN(CC(=O)NN(Cc1ccccc1)C[C@H](O)[C@H](Cc1ccccc1)NC(=O)[C@H]([C@@H](C)CC)N1CCN(Cc2ccnc3ccccc23)C1=O)C(=O)O. The Hall–Kier alpha value is -5.53. The second-order valence-electron chi connectivity index (χ2n) is 14.5. The quantitative estimate of drug-likeness (QED) is 0.0885. The van der Waals surface area contributed by atoms with E-state index in [4.69, 9.17) is 0 Å². The minimum atomic E-state index is -1.18. The molecule has 0 saturated carbocycles. The number of carbonyl (C=O) groups is 4. The van der Waals surface area contributed by atoms with E-state index in [1.54, 1.807) is 21.0 Å². The lowest BCUT2D eigenvalue weighted by molar-refractivity contribution is -0.130. The van der Waals surface area contributed by atoms with Crippen LogP contribution in [-0.4, -0.2) is 110 Å². The molecule has 0 spiro atoms. The molecule has 0 unspecified atom stereocenters. The number of hydrogen-bond acceptors (Lipinski definition) is 7. The van der Waals surface area contributed by atoms with E-state index in [0.29, 0.717) is 32.5 Å². The fourth-order valence-electron chi connectivity index (χ4n) is 7.14. The number of amides is 5. The highest BCUT2D eigenvalue weighted by atomic mass is 16.4. The van der Waals surface area contributed by atoms with Crippen molar-refractivity contribution in [2.45, 2.75) is 77.7 Å². The van der Waals surface area contributed by atoms with Crippen LogP contribution in [0.5, 0.6) is 0 Å². The number of para-hydroxylation sites is 1. The van der Waals surface area contributed by atoms with Crippen LogP contribution in [0.15, 0.2) is 97.2 Å². The Kier molecular flexibility index (Phi) is 15.2. The van der Waals surface area contributed by atoms with Gasteiger partial charge in [-0.1, -0.05) is 112 Å². The Morgan fingerprint density at radius 2 is 1.59 bits per heavy atom. The van der Waals surface area contributed by atoms with Gasteiger partial charge < -0.3 is 25.3 Å². The van der Waals surface area contributed by atoms with E-state index in [-0.39, 0.29) is 50.5 Å². The number of hydrazine groups is 1. The molecule has 3 aromatic carbocycles. The summed E-state index contributed by atoms with van der Waals surface area (Å²) in [7, 11) is 0. The second-order valence-corrected chi connectivity index (χ2v) is 14.5. The minimum absolute atomic E-state index is 0.0786. The lowest BCUT2D eigenvalue weighted by atomic mass is 9.95. The summed E-state index contributed by atoms with van der Waals surface area (Å²) in [5.74, 6) is -1.09. The lowest BCUT2D eigenvalue weighted by Gasteiger charge is -2.35. The third-order valence-electron chi connectivity index (χ3n) is 10.4. The number of nitrogens with one attached hydrogen (secondary N) is 2. The van der Waals surface area contributed by atoms with Crippen LogP contribution in [0.4, 0.5) is 9.59 Å². The molecule has 2 heterocycles. The van der Waals surface area contributed by atoms with Crippen molar-refractivity contribution >= 4 is 34.8 Å². The van der Waals surface area contributed by atoms with E-state index < -0.39 is 30.2 Å². The Labute approximate surface area is 329 Å². The van der Waals surface area contributed by atoms with E-state index in [1.807, 2.05) is 112 Å². The number of benzene rings is 3. The summed E-state index contributed by atoms with van der Waals surface area (Å²) in [4.78, 5) is 62.6. The molecule has 4 N–H and O–H groups in total. The van der Waals surface area contributed by atoms with E-state index in [9.17, 15) is 29.4 Å². The van der Waals surface area contributed by atoms with Gasteiger partial charge in [0.25, 0.3) is 5.91 Å². The Bertz CT molecular complexity index is 1890. The van der Waals surface area contributed by atoms with Gasteiger partial charge in [0.1, 0.15) is 12.6 Å². The number of urea groups is 1. The summed E-state index contributed by atoms with van der Waals surface area (Å²) in [6.45, 7) is 7.10. The fourth-order valence-corrected chi connectivity index (χ4v) is 7.14. The van der Waals surface area contributed by atoms with Crippen LogP contribution in [0.25, 0.3) is 10.9 Å². The summed E-state index contributed by atoms with van der Waals surface area (Å²) in [5, 5.41) is 27.3. The third-order valence-corrected chi connectivity index (χ3v) is 10.4.